The first-order valence-corrected chi connectivity index (χ1v) is 9.02. The van der Waals surface area contributed by atoms with E-state index in [1.165, 1.54) is 11.3 Å². The van der Waals surface area contributed by atoms with E-state index in [0.717, 1.165) is 37.8 Å². The average Bonchev–Trinajstić information content (AvgIpc) is 3.10. The highest BCUT2D eigenvalue weighted by molar-refractivity contribution is 7.19. The van der Waals surface area contributed by atoms with Gasteiger partial charge in [-0.05, 0) is 46.7 Å². The molecular weight excluding hydrogens is 344 g/mol. The maximum atomic E-state index is 9.72. The second-order valence-electron chi connectivity index (χ2n) is 5.82. The van der Waals surface area contributed by atoms with Crippen LogP contribution in [0.2, 0.25) is 0 Å². The third-order valence-corrected chi connectivity index (χ3v) is 5.09. The fraction of sp³-hybridized carbons (Fsp3) is 0.0455. The first kappa shape index (κ1) is 16.4. The molecule has 4 heteroatoms. The van der Waals surface area contributed by atoms with E-state index in [1.807, 2.05) is 42.5 Å². The van der Waals surface area contributed by atoms with Gasteiger partial charge in [-0.25, -0.2) is 0 Å². The zero-order valence-corrected chi connectivity index (χ0v) is 15.0. The van der Waals surface area contributed by atoms with E-state index in [2.05, 4.69) is 18.2 Å². The van der Waals surface area contributed by atoms with Crippen molar-refractivity contribution in [3.05, 3.63) is 89.0 Å². The first-order valence-electron chi connectivity index (χ1n) is 8.20. The van der Waals surface area contributed by atoms with Crippen LogP contribution in [0.4, 0.5) is 0 Å². The summed E-state index contributed by atoms with van der Waals surface area (Å²) in [6.45, 7) is 0. The number of phenols is 1. The number of phenolic OH excluding ortho intramolecular Hbond substituents is 1. The summed E-state index contributed by atoms with van der Waals surface area (Å²) in [5.41, 5.74) is 3.89. The molecule has 0 fully saturated rings. The van der Waals surface area contributed by atoms with Crippen LogP contribution in [0.25, 0.3) is 21.9 Å². The van der Waals surface area contributed by atoms with Crippen LogP contribution in [0.3, 0.4) is 0 Å². The predicted octanol–water partition coefficient (Wildman–Crippen LogP) is 6.08. The molecule has 26 heavy (non-hydrogen) atoms. The average molecular weight is 361 g/mol. The van der Waals surface area contributed by atoms with Gasteiger partial charge in [-0.1, -0.05) is 42.5 Å². The molecule has 0 spiro atoms. The van der Waals surface area contributed by atoms with Crippen molar-refractivity contribution in [1.29, 1.82) is 0 Å². The lowest BCUT2D eigenvalue weighted by Gasteiger charge is -2.02. The summed E-state index contributed by atoms with van der Waals surface area (Å²) >= 11 is 1.52. The van der Waals surface area contributed by atoms with Crippen LogP contribution >= 0.6 is 11.3 Å². The van der Waals surface area contributed by atoms with E-state index in [1.54, 1.807) is 25.3 Å². The topological polar surface area (TPSA) is 40.8 Å². The van der Waals surface area contributed by atoms with Crippen LogP contribution in [0, 0.1) is 0 Å². The van der Waals surface area contributed by atoms with Gasteiger partial charge < -0.3 is 9.84 Å². The summed E-state index contributed by atoms with van der Waals surface area (Å²) in [4.78, 5) is 0. The van der Waals surface area contributed by atoms with Gasteiger partial charge >= 0.3 is 10.7 Å². The Kier molecular flexibility index (Phi) is 4.42. The largest absolute Gasteiger partial charge is 0.508 e. The Bertz CT molecular complexity index is 1060. The normalized spacial score (nSPS) is 11.7. The summed E-state index contributed by atoms with van der Waals surface area (Å²) in [6, 6.07) is 23.2. The summed E-state index contributed by atoms with van der Waals surface area (Å²) in [7, 11) is 1.66. The van der Waals surface area contributed by atoms with Gasteiger partial charge in [-0.3, -0.25) is 0 Å². The Balaban J connectivity index is 1.85. The highest BCUT2D eigenvalue weighted by Crippen LogP contribution is 2.36. The van der Waals surface area contributed by atoms with Crippen LogP contribution in [0.15, 0.2) is 77.2 Å². The van der Waals surface area contributed by atoms with Crippen molar-refractivity contribution in [2.45, 2.75) is 0 Å². The van der Waals surface area contributed by atoms with Crippen molar-refractivity contribution < 1.29 is 14.3 Å². The molecule has 0 amide bonds. The van der Waals surface area contributed by atoms with Crippen LogP contribution < -0.4 is 4.74 Å². The molecule has 128 valence electrons. The molecule has 0 aliphatic rings. The maximum absolute atomic E-state index is 9.72. The number of ether oxygens (including phenoxy) is 1. The Morgan fingerprint density at radius 1 is 1.00 bits per heavy atom. The molecule has 1 aromatic heterocycles. The lowest BCUT2D eigenvalue weighted by Crippen LogP contribution is -1.86. The summed E-state index contributed by atoms with van der Waals surface area (Å²) in [6.07, 6.45) is 2.10. The van der Waals surface area contributed by atoms with E-state index in [-0.39, 0.29) is 5.75 Å². The number of fused-ring (bicyclic) bond motifs is 1. The monoisotopic (exact) mass is 361 g/mol. The zero-order valence-electron chi connectivity index (χ0n) is 14.2. The molecule has 0 unspecified atom stereocenters. The number of aromatic hydroxyl groups is 1. The second kappa shape index (κ2) is 7.02. The highest BCUT2D eigenvalue weighted by Gasteiger charge is 2.23. The molecule has 0 bridgehead atoms. The minimum atomic E-state index is 0.237. The minimum absolute atomic E-state index is 0.237. The van der Waals surface area contributed by atoms with Crippen molar-refractivity contribution in [3.63, 3.8) is 0 Å². The minimum Gasteiger partial charge on any atom is -0.508 e. The van der Waals surface area contributed by atoms with Gasteiger partial charge in [-0.2, -0.15) is 4.42 Å². The summed E-state index contributed by atoms with van der Waals surface area (Å²) in [5, 5.41) is 10.5. The van der Waals surface area contributed by atoms with Gasteiger partial charge in [0.05, 0.1) is 12.7 Å². The SMILES string of the molecule is COc1ccc(/C=C(\c2ccccc2)c2[o+]c3ccc(O)cc3s2)cc1. The number of methoxy groups -OCH3 is 1. The summed E-state index contributed by atoms with van der Waals surface area (Å²) in [5.74, 6) is 1.06. The molecule has 1 heterocycles. The second-order valence-corrected chi connectivity index (χ2v) is 6.83. The maximum Gasteiger partial charge on any atom is 0.418 e. The van der Waals surface area contributed by atoms with Gasteiger partial charge in [0.2, 0.25) is 0 Å². The van der Waals surface area contributed by atoms with E-state index in [9.17, 15) is 5.11 Å². The van der Waals surface area contributed by atoms with Gasteiger partial charge in [0.1, 0.15) is 16.2 Å². The third kappa shape index (κ3) is 3.32. The molecule has 0 aliphatic heterocycles. The Morgan fingerprint density at radius 3 is 2.50 bits per heavy atom. The molecule has 3 nitrogen and oxygen atoms in total. The van der Waals surface area contributed by atoms with Crippen molar-refractivity contribution in [1.82, 2.24) is 0 Å². The Labute approximate surface area is 155 Å². The molecule has 3 aromatic carbocycles. The quantitative estimate of drug-likeness (QED) is 0.354. The lowest BCUT2D eigenvalue weighted by molar-refractivity contribution is 0.415. The predicted molar refractivity (Wildman–Crippen MR) is 107 cm³/mol. The standard InChI is InChI=1S/C22H16O3S/c1-24-18-10-7-15(8-11-18)13-19(16-5-3-2-4-6-16)22-25-20-12-9-17(23)14-21(20)26-22/h2-14H,1H3/p+1/b19-13+. The third-order valence-electron chi connectivity index (χ3n) is 4.06. The Morgan fingerprint density at radius 2 is 1.77 bits per heavy atom. The van der Waals surface area contributed by atoms with Gasteiger partial charge in [0, 0.05) is 12.1 Å². The van der Waals surface area contributed by atoms with Crippen LogP contribution in [-0.4, -0.2) is 12.2 Å². The number of hydrogen-bond acceptors (Lipinski definition) is 3. The molecule has 0 saturated carbocycles. The lowest BCUT2D eigenvalue weighted by atomic mass is 10.0. The first-order chi connectivity index (χ1) is 12.7. The van der Waals surface area contributed by atoms with Crippen molar-refractivity contribution in [2.24, 2.45) is 0 Å². The van der Waals surface area contributed by atoms with E-state index < -0.39 is 0 Å². The number of benzene rings is 3. The molecule has 4 aromatic rings. The van der Waals surface area contributed by atoms with Crippen molar-refractivity contribution >= 4 is 33.3 Å². The van der Waals surface area contributed by atoms with Crippen LogP contribution in [0.1, 0.15) is 16.2 Å². The summed E-state index contributed by atoms with van der Waals surface area (Å²) < 4.78 is 12.2. The number of hydrogen-bond donors (Lipinski definition) is 1. The van der Waals surface area contributed by atoms with E-state index in [0.29, 0.717) is 0 Å². The van der Waals surface area contributed by atoms with Crippen LogP contribution in [-0.2, 0) is 0 Å². The van der Waals surface area contributed by atoms with E-state index in [4.69, 9.17) is 9.15 Å². The molecule has 0 saturated heterocycles. The Hall–Kier alpha value is -3.11. The van der Waals surface area contributed by atoms with Crippen molar-refractivity contribution in [3.8, 4) is 11.5 Å². The zero-order chi connectivity index (χ0) is 17.9. The van der Waals surface area contributed by atoms with Crippen LogP contribution in [0.5, 0.6) is 11.5 Å². The molecule has 0 aliphatic carbocycles. The van der Waals surface area contributed by atoms with Gasteiger partial charge in [0.15, 0.2) is 0 Å². The van der Waals surface area contributed by atoms with Gasteiger partial charge in [0.25, 0.3) is 0 Å². The van der Waals surface area contributed by atoms with Gasteiger partial charge in [-0.15, -0.1) is 0 Å². The highest BCUT2D eigenvalue weighted by atomic mass is 32.1. The van der Waals surface area contributed by atoms with E-state index >= 15 is 0 Å². The molecule has 1 N–H and O–H groups in total. The molecule has 0 atom stereocenters. The number of rotatable bonds is 4. The fourth-order valence-electron chi connectivity index (χ4n) is 2.74. The molecule has 0 radical (unpaired) electrons. The molecular formula is C22H17O3S+. The molecule has 4 rings (SSSR count). The fourth-order valence-corrected chi connectivity index (χ4v) is 3.74. The smallest absolute Gasteiger partial charge is 0.418 e. The van der Waals surface area contributed by atoms with Crippen molar-refractivity contribution in [2.75, 3.05) is 7.11 Å².